The number of hydrogen-bond donors (Lipinski definition) is 1. The number of rotatable bonds is 8. The van der Waals surface area contributed by atoms with E-state index in [1.54, 1.807) is 24.4 Å². The number of ether oxygens (including phenoxy) is 1. The van der Waals surface area contributed by atoms with Crippen LogP contribution in [0.5, 0.6) is 5.75 Å². The van der Waals surface area contributed by atoms with Gasteiger partial charge in [-0.25, -0.2) is 5.43 Å². The minimum absolute atomic E-state index is 0.0131. The lowest BCUT2D eigenvalue weighted by atomic mass is 10.2. The third kappa shape index (κ3) is 6.55. The van der Waals surface area contributed by atoms with Crippen molar-refractivity contribution in [2.24, 2.45) is 11.0 Å². The van der Waals surface area contributed by atoms with Crippen molar-refractivity contribution in [3.63, 3.8) is 0 Å². The van der Waals surface area contributed by atoms with Crippen LogP contribution in [0.25, 0.3) is 0 Å². The molecule has 3 aromatic rings. The molecule has 0 aliphatic carbocycles. The summed E-state index contributed by atoms with van der Waals surface area (Å²) in [6.07, 6.45) is 3.14. The van der Waals surface area contributed by atoms with E-state index in [4.69, 9.17) is 16.3 Å². The van der Waals surface area contributed by atoms with E-state index in [1.165, 1.54) is 16.8 Å². The van der Waals surface area contributed by atoms with E-state index in [2.05, 4.69) is 24.4 Å². The molecule has 7 heteroatoms. The summed E-state index contributed by atoms with van der Waals surface area (Å²) in [5.41, 5.74) is 3.68. The molecule has 0 unspecified atom stereocenters. The number of carbonyl (C=O) groups is 1. The van der Waals surface area contributed by atoms with Crippen molar-refractivity contribution in [2.45, 2.75) is 20.4 Å². The molecular formula is C24H24ClN3O3. The van der Waals surface area contributed by atoms with Crippen molar-refractivity contribution in [3.05, 3.63) is 98.9 Å². The summed E-state index contributed by atoms with van der Waals surface area (Å²) in [5.74, 6) is 0.655. The van der Waals surface area contributed by atoms with Crippen LogP contribution in [0.1, 0.15) is 35.3 Å². The topological polar surface area (TPSA) is 72.7 Å². The number of pyridine rings is 1. The van der Waals surface area contributed by atoms with E-state index in [0.29, 0.717) is 24.1 Å². The second-order valence-corrected chi connectivity index (χ2v) is 7.89. The predicted molar refractivity (Wildman–Crippen MR) is 123 cm³/mol. The van der Waals surface area contributed by atoms with Crippen molar-refractivity contribution in [1.29, 1.82) is 0 Å². The van der Waals surface area contributed by atoms with Gasteiger partial charge >= 0.3 is 0 Å². The number of benzene rings is 2. The fourth-order valence-corrected chi connectivity index (χ4v) is 3.02. The van der Waals surface area contributed by atoms with Crippen molar-refractivity contribution in [3.8, 4) is 5.75 Å². The van der Waals surface area contributed by atoms with Crippen LogP contribution in [0.3, 0.4) is 0 Å². The minimum atomic E-state index is -0.571. The van der Waals surface area contributed by atoms with Gasteiger partial charge in [0.15, 0.2) is 0 Å². The zero-order chi connectivity index (χ0) is 22.2. The van der Waals surface area contributed by atoms with Gasteiger partial charge < -0.3 is 9.30 Å². The molecule has 1 amide bonds. The Morgan fingerprint density at radius 2 is 1.94 bits per heavy atom. The number of hydrazone groups is 1. The number of nitrogens with one attached hydrogen (secondary N) is 1. The maximum Gasteiger partial charge on any atom is 0.276 e. The highest BCUT2D eigenvalue weighted by Gasteiger charge is 2.11. The molecule has 0 radical (unpaired) electrons. The fourth-order valence-electron chi connectivity index (χ4n) is 2.80. The molecule has 1 heterocycles. The molecule has 1 N–H and O–H groups in total. The van der Waals surface area contributed by atoms with Gasteiger partial charge in [-0.05, 0) is 65.6 Å². The van der Waals surface area contributed by atoms with Crippen LogP contribution >= 0.6 is 11.6 Å². The summed E-state index contributed by atoms with van der Waals surface area (Å²) in [7, 11) is 0. The lowest BCUT2D eigenvalue weighted by Crippen LogP contribution is -2.30. The number of amides is 1. The molecule has 0 bridgehead atoms. The molecule has 0 spiro atoms. The number of aromatic nitrogens is 1. The summed E-state index contributed by atoms with van der Waals surface area (Å²) in [4.78, 5) is 25.1. The van der Waals surface area contributed by atoms with Crippen LogP contribution in [0.4, 0.5) is 0 Å². The zero-order valence-corrected chi connectivity index (χ0v) is 18.2. The highest BCUT2D eigenvalue weighted by molar-refractivity contribution is 6.30. The van der Waals surface area contributed by atoms with Crippen molar-refractivity contribution < 1.29 is 9.53 Å². The third-order valence-corrected chi connectivity index (χ3v) is 4.58. The van der Waals surface area contributed by atoms with Crippen LogP contribution in [0.15, 0.2) is 76.8 Å². The molecular weight excluding hydrogens is 414 g/mol. The third-order valence-electron chi connectivity index (χ3n) is 4.35. The first kappa shape index (κ1) is 22.3. The summed E-state index contributed by atoms with van der Waals surface area (Å²) >= 11 is 6.00. The predicted octanol–water partition coefficient (Wildman–Crippen LogP) is 4.35. The van der Waals surface area contributed by atoms with Gasteiger partial charge in [-0.1, -0.05) is 37.6 Å². The van der Waals surface area contributed by atoms with Gasteiger partial charge in [-0.2, -0.15) is 5.10 Å². The van der Waals surface area contributed by atoms with Crippen molar-refractivity contribution >= 4 is 23.7 Å². The molecule has 0 atom stereocenters. The van der Waals surface area contributed by atoms with Crippen LogP contribution in [-0.2, 0) is 6.54 Å². The Balaban J connectivity index is 1.63. The Bertz CT molecular complexity index is 1120. The second kappa shape index (κ2) is 10.6. The summed E-state index contributed by atoms with van der Waals surface area (Å²) in [6.45, 7) is 5.13. The van der Waals surface area contributed by atoms with Crippen molar-refractivity contribution in [1.82, 2.24) is 9.99 Å². The van der Waals surface area contributed by atoms with E-state index >= 15 is 0 Å². The Labute approximate surface area is 186 Å². The fraction of sp³-hybridized carbons (Fsp3) is 0.208. The SMILES string of the molecule is CC(C)COc1ccc(/C=N\NC(=O)c2cccn(Cc3cccc(Cl)c3)c2=O)cc1. The van der Waals surface area contributed by atoms with Gasteiger partial charge in [0.05, 0.1) is 19.4 Å². The van der Waals surface area contributed by atoms with Gasteiger partial charge in [-0.15, -0.1) is 0 Å². The summed E-state index contributed by atoms with van der Waals surface area (Å²) in [6, 6.07) is 17.7. The summed E-state index contributed by atoms with van der Waals surface area (Å²) < 4.78 is 7.10. The van der Waals surface area contributed by atoms with Crippen LogP contribution in [0.2, 0.25) is 5.02 Å². The number of halogens is 1. The van der Waals surface area contributed by atoms with Crippen LogP contribution in [0, 0.1) is 5.92 Å². The average molecular weight is 438 g/mol. The molecule has 0 fully saturated rings. The van der Waals surface area contributed by atoms with Gasteiger partial charge in [0.1, 0.15) is 11.3 Å². The standard InChI is InChI=1S/C24H24ClN3O3/c1-17(2)16-31-21-10-8-18(9-11-21)14-26-27-23(29)22-7-4-12-28(24(22)30)15-19-5-3-6-20(25)13-19/h3-14,17H,15-16H2,1-2H3,(H,27,29)/b26-14-. The monoisotopic (exact) mass is 437 g/mol. The van der Waals surface area contributed by atoms with Gasteiger partial charge in [0.2, 0.25) is 0 Å². The van der Waals surface area contributed by atoms with E-state index in [9.17, 15) is 9.59 Å². The smallest absolute Gasteiger partial charge is 0.276 e. The van der Waals surface area contributed by atoms with E-state index < -0.39 is 11.5 Å². The first-order chi connectivity index (χ1) is 14.9. The Kier molecular flexibility index (Phi) is 7.62. The van der Waals surface area contributed by atoms with Gasteiger partial charge in [-0.3, -0.25) is 9.59 Å². The molecule has 2 aromatic carbocycles. The summed E-state index contributed by atoms with van der Waals surface area (Å²) in [5, 5.41) is 4.55. The van der Waals surface area contributed by atoms with Gasteiger partial charge in [0, 0.05) is 11.2 Å². The molecule has 6 nitrogen and oxygen atoms in total. The van der Waals surface area contributed by atoms with Gasteiger partial charge in [0.25, 0.3) is 11.5 Å². The number of carbonyl (C=O) groups excluding carboxylic acids is 1. The Morgan fingerprint density at radius 3 is 2.65 bits per heavy atom. The van der Waals surface area contributed by atoms with Crippen LogP contribution in [-0.4, -0.2) is 23.3 Å². The van der Waals surface area contributed by atoms with Crippen molar-refractivity contribution in [2.75, 3.05) is 6.61 Å². The highest BCUT2D eigenvalue weighted by atomic mass is 35.5. The molecule has 3 rings (SSSR count). The maximum absolute atomic E-state index is 12.7. The minimum Gasteiger partial charge on any atom is -0.493 e. The lowest BCUT2D eigenvalue weighted by molar-refractivity contribution is 0.0953. The quantitative estimate of drug-likeness (QED) is 0.420. The molecule has 0 aliphatic rings. The van der Waals surface area contributed by atoms with E-state index in [-0.39, 0.29) is 5.56 Å². The first-order valence-electron chi connectivity index (χ1n) is 9.92. The zero-order valence-electron chi connectivity index (χ0n) is 17.4. The molecule has 0 aliphatic heterocycles. The number of nitrogens with zero attached hydrogens (tertiary/aromatic N) is 2. The first-order valence-corrected chi connectivity index (χ1v) is 10.3. The van der Waals surface area contributed by atoms with E-state index in [0.717, 1.165) is 16.9 Å². The molecule has 0 saturated heterocycles. The molecule has 160 valence electrons. The Morgan fingerprint density at radius 1 is 1.16 bits per heavy atom. The number of hydrogen-bond acceptors (Lipinski definition) is 4. The second-order valence-electron chi connectivity index (χ2n) is 7.46. The largest absolute Gasteiger partial charge is 0.493 e. The lowest BCUT2D eigenvalue weighted by Gasteiger charge is -2.08. The highest BCUT2D eigenvalue weighted by Crippen LogP contribution is 2.13. The normalized spacial score (nSPS) is 11.1. The molecule has 0 saturated carbocycles. The Hall–Kier alpha value is -3.38. The average Bonchev–Trinajstić information content (AvgIpc) is 2.74. The van der Waals surface area contributed by atoms with Crippen LogP contribution < -0.4 is 15.7 Å². The van der Waals surface area contributed by atoms with E-state index in [1.807, 2.05) is 36.4 Å². The molecule has 1 aromatic heterocycles. The molecule has 31 heavy (non-hydrogen) atoms. The maximum atomic E-state index is 12.7.